The quantitative estimate of drug-likeness (QED) is 0.115. The molecule has 9 heteroatoms. The van der Waals surface area contributed by atoms with Gasteiger partial charge >= 0.3 is 11.9 Å². The van der Waals surface area contributed by atoms with Crippen molar-refractivity contribution in [3.05, 3.63) is 90.0 Å². The van der Waals surface area contributed by atoms with Gasteiger partial charge in [-0.3, -0.25) is 4.90 Å². The average molecular weight is 634 g/mol. The van der Waals surface area contributed by atoms with Gasteiger partial charge in [-0.25, -0.2) is 9.59 Å². The van der Waals surface area contributed by atoms with Crippen molar-refractivity contribution in [1.29, 1.82) is 0 Å². The fraction of sp³-hybridized carbons (Fsp3) is 0.444. The van der Waals surface area contributed by atoms with Gasteiger partial charge in [0.05, 0.1) is 24.9 Å². The summed E-state index contributed by atoms with van der Waals surface area (Å²) in [5.41, 5.74) is 1.71. The Kier molecular flexibility index (Phi) is 12.7. The average Bonchev–Trinajstić information content (AvgIpc) is 3.44. The largest absolute Gasteiger partial charge is 0.482 e. The van der Waals surface area contributed by atoms with Crippen molar-refractivity contribution in [3.8, 4) is 11.5 Å². The zero-order valence-corrected chi connectivity index (χ0v) is 26.8. The normalized spacial score (nSPS) is 20.1. The number of carbonyl (C=O) groups excluding carboxylic acids is 2. The van der Waals surface area contributed by atoms with E-state index in [0.29, 0.717) is 48.7 Å². The Balaban J connectivity index is 1.12. The van der Waals surface area contributed by atoms with Crippen LogP contribution in [0.5, 0.6) is 11.5 Å². The molecule has 5 rings (SSSR count). The summed E-state index contributed by atoms with van der Waals surface area (Å²) >= 11 is 1.77. The van der Waals surface area contributed by atoms with Gasteiger partial charge in [0, 0.05) is 36.9 Å². The Hall–Kier alpha value is -3.37. The second-order valence-corrected chi connectivity index (χ2v) is 12.4. The summed E-state index contributed by atoms with van der Waals surface area (Å²) in [6.45, 7) is 6.88. The van der Waals surface area contributed by atoms with Crippen LogP contribution < -0.4 is 9.47 Å². The Labute approximate surface area is 270 Å². The van der Waals surface area contributed by atoms with Gasteiger partial charge in [-0.2, -0.15) is 0 Å². The predicted octanol–water partition coefficient (Wildman–Crippen LogP) is 5.93. The number of thioether (sulfide) groups is 1. The van der Waals surface area contributed by atoms with E-state index >= 15 is 0 Å². The van der Waals surface area contributed by atoms with Crippen LogP contribution in [0.15, 0.2) is 83.8 Å². The number of morpholine rings is 1. The third-order valence-electron chi connectivity index (χ3n) is 8.28. The highest BCUT2D eigenvalue weighted by Crippen LogP contribution is 2.40. The standard InChI is InChI=1S/C36H43NO7S/c1-2-41-34-15-14-29(33(34)26-45-32-13-7-12-31(24-32)44-36(39)28-9-4-3-5-10-28)22-27-8-6-11-30(23-27)43-25-35(38)42-21-18-37-16-19-40-20-17-37/h3-13,23-24,29,33-34H,2,14-22,25-26H2,1H3/t29-,33-,34?/m1/s1. The molecule has 0 bridgehead atoms. The van der Waals surface area contributed by atoms with E-state index in [1.807, 2.05) is 54.6 Å². The van der Waals surface area contributed by atoms with Crippen molar-refractivity contribution >= 4 is 23.7 Å². The SMILES string of the molecule is CCOC1CC[C@H](Cc2cccc(OCC(=O)OCCN3CCOCC3)c2)[C@H]1CSc1cccc(OC(=O)c2ccccc2)c1. The summed E-state index contributed by atoms with van der Waals surface area (Å²) in [4.78, 5) is 28.1. The molecule has 0 radical (unpaired) electrons. The molecule has 8 nitrogen and oxygen atoms in total. The highest BCUT2D eigenvalue weighted by atomic mass is 32.2. The topological polar surface area (TPSA) is 83.5 Å². The lowest BCUT2D eigenvalue weighted by Crippen LogP contribution is -2.38. The van der Waals surface area contributed by atoms with Gasteiger partial charge in [0.1, 0.15) is 18.1 Å². The lowest BCUT2D eigenvalue weighted by Gasteiger charge is -2.26. The first-order valence-electron chi connectivity index (χ1n) is 15.9. The first-order chi connectivity index (χ1) is 22.1. The van der Waals surface area contributed by atoms with E-state index in [1.165, 1.54) is 5.56 Å². The van der Waals surface area contributed by atoms with Gasteiger partial charge in [-0.05, 0) is 86.1 Å². The third kappa shape index (κ3) is 10.3. The van der Waals surface area contributed by atoms with Crippen molar-refractivity contribution in [2.75, 3.05) is 58.4 Å². The minimum absolute atomic E-state index is 0.110. The van der Waals surface area contributed by atoms with Crippen LogP contribution >= 0.6 is 11.8 Å². The number of carbonyl (C=O) groups is 2. The third-order valence-corrected chi connectivity index (χ3v) is 9.42. The van der Waals surface area contributed by atoms with Crippen molar-refractivity contribution in [2.24, 2.45) is 11.8 Å². The van der Waals surface area contributed by atoms with E-state index < -0.39 is 0 Å². The monoisotopic (exact) mass is 633 g/mol. The molecule has 3 aromatic rings. The van der Waals surface area contributed by atoms with Gasteiger partial charge in [0.15, 0.2) is 6.61 Å². The van der Waals surface area contributed by atoms with Gasteiger partial charge in [0.2, 0.25) is 0 Å². The number of hydrogen-bond donors (Lipinski definition) is 0. The van der Waals surface area contributed by atoms with E-state index in [4.69, 9.17) is 23.7 Å². The van der Waals surface area contributed by atoms with Gasteiger partial charge < -0.3 is 23.7 Å². The number of nitrogens with zero attached hydrogens (tertiary/aromatic N) is 1. The molecule has 2 aliphatic rings. The van der Waals surface area contributed by atoms with Crippen LogP contribution in [0, 0.1) is 11.8 Å². The maximum Gasteiger partial charge on any atom is 0.344 e. The van der Waals surface area contributed by atoms with Crippen molar-refractivity contribution in [1.82, 2.24) is 4.90 Å². The maximum atomic E-state index is 12.5. The van der Waals surface area contributed by atoms with E-state index in [2.05, 4.69) is 24.0 Å². The molecule has 2 fully saturated rings. The Morgan fingerprint density at radius 3 is 2.56 bits per heavy atom. The van der Waals surface area contributed by atoms with Crippen LogP contribution in [0.25, 0.3) is 0 Å². The summed E-state index contributed by atoms with van der Waals surface area (Å²) in [5, 5.41) is 0. The molecule has 0 amide bonds. The van der Waals surface area contributed by atoms with Gasteiger partial charge in [-0.15, -0.1) is 11.8 Å². The number of esters is 2. The van der Waals surface area contributed by atoms with Crippen LogP contribution in [-0.2, 0) is 25.4 Å². The van der Waals surface area contributed by atoms with Crippen molar-refractivity contribution in [2.45, 2.75) is 37.2 Å². The fourth-order valence-corrected chi connectivity index (χ4v) is 7.20. The molecule has 0 N–H and O–H groups in total. The molecule has 240 valence electrons. The van der Waals surface area contributed by atoms with Crippen molar-refractivity contribution in [3.63, 3.8) is 0 Å². The Morgan fingerprint density at radius 1 is 0.933 bits per heavy atom. The molecule has 1 saturated carbocycles. The molecule has 1 unspecified atom stereocenters. The molecule has 1 saturated heterocycles. The van der Waals surface area contributed by atoms with Gasteiger partial charge in [-0.1, -0.05) is 36.4 Å². The highest BCUT2D eigenvalue weighted by Gasteiger charge is 2.36. The van der Waals surface area contributed by atoms with E-state index in [9.17, 15) is 9.59 Å². The summed E-state index contributed by atoms with van der Waals surface area (Å²) in [6.07, 6.45) is 3.24. The minimum Gasteiger partial charge on any atom is -0.482 e. The highest BCUT2D eigenvalue weighted by molar-refractivity contribution is 7.99. The molecule has 0 spiro atoms. The van der Waals surface area contributed by atoms with E-state index in [0.717, 1.165) is 56.2 Å². The molecular formula is C36H43NO7S. The Bertz CT molecular complexity index is 1360. The summed E-state index contributed by atoms with van der Waals surface area (Å²) < 4.78 is 28.4. The molecule has 45 heavy (non-hydrogen) atoms. The molecular weight excluding hydrogens is 590 g/mol. The summed E-state index contributed by atoms with van der Waals surface area (Å²) in [7, 11) is 0. The number of rotatable bonds is 15. The zero-order valence-electron chi connectivity index (χ0n) is 25.9. The summed E-state index contributed by atoms with van der Waals surface area (Å²) in [6, 6.07) is 24.8. The number of hydrogen-bond acceptors (Lipinski definition) is 9. The maximum absolute atomic E-state index is 12.5. The molecule has 1 aliphatic carbocycles. The van der Waals surface area contributed by atoms with Crippen LogP contribution in [0.3, 0.4) is 0 Å². The van der Waals surface area contributed by atoms with E-state index in [-0.39, 0.29) is 24.6 Å². The predicted molar refractivity (Wildman–Crippen MR) is 174 cm³/mol. The first kappa shape index (κ1) is 33.0. The number of benzene rings is 3. The van der Waals surface area contributed by atoms with E-state index in [1.54, 1.807) is 23.9 Å². The van der Waals surface area contributed by atoms with Crippen LogP contribution in [0.1, 0.15) is 35.7 Å². The molecule has 0 aromatic heterocycles. The smallest absolute Gasteiger partial charge is 0.344 e. The molecule has 3 atom stereocenters. The zero-order chi connectivity index (χ0) is 31.3. The number of ether oxygens (including phenoxy) is 5. The van der Waals surface area contributed by atoms with Crippen LogP contribution in [0.2, 0.25) is 0 Å². The summed E-state index contributed by atoms with van der Waals surface area (Å²) in [5.74, 6) is 2.21. The van der Waals surface area contributed by atoms with Crippen molar-refractivity contribution < 1.29 is 33.3 Å². The fourth-order valence-electron chi connectivity index (χ4n) is 5.95. The molecule has 1 aliphatic heterocycles. The first-order valence-corrected chi connectivity index (χ1v) is 16.8. The molecule has 3 aromatic carbocycles. The second kappa shape index (κ2) is 17.4. The van der Waals surface area contributed by atoms with Crippen LogP contribution in [0.4, 0.5) is 0 Å². The molecule has 1 heterocycles. The Morgan fingerprint density at radius 2 is 1.73 bits per heavy atom. The van der Waals surface area contributed by atoms with Crippen LogP contribution in [-0.4, -0.2) is 81.4 Å². The minimum atomic E-state index is -0.364. The lowest BCUT2D eigenvalue weighted by molar-refractivity contribution is -0.146. The van der Waals surface area contributed by atoms with Gasteiger partial charge in [0.25, 0.3) is 0 Å². The lowest BCUT2D eigenvalue weighted by atomic mass is 9.90. The second-order valence-electron chi connectivity index (χ2n) is 11.4.